The van der Waals surface area contributed by atoms with Gasteiger partial charge in [0.05, 0.1) is 18.5 Å². The lowest BCUT2D eigenvalue weighted by atomic mass is 9.91. The average Bonchev–Trinajstić information content (AvgIpc) is 2.83. The number of carbonyl (C=O) groups excluding carboxylic acids is 2. The molecule has 0 aliphatic carbocycles. The molecule has 0 aromatic heterocycles. The van der Waals surface area contributed by atoms with E-state index in [-0.39, 0.29) is 29.8 Å². The van der Waals surface area contributed by atoms with E-state index in [0.29, 0.717) is 13.1 Å². The van der Waals surface area contributed by atoms with Crippen molar-refractivity contribution >= 4 is 11.8 Å². The van der Waals surface area contributed by atoms with Crippen LogP contribution >= 0.6 is 0 Å². The van der Waals surface area contributed by atoms with Gasteiger partial charge in [-0.05, 0) is 25.7 Å². The van der Waals surface area contributed by atoms with Gasteiger partial charge in [-0.15, -0.1) is 0 Å². The van der Waals surface area contributed by atoms with Gasteiger partial charge in [-0.25, -0.2) is 0 Å². The normalized spacial score (nSPS) is 32.0. The summed E-state index contributed by atoms with van der Waals surface area (Å²) in [6, 6.07) is 0.369. The Hall–Kier alpha value is -1.14. The Morgan fingerprint density at radius 2 is 2.00 bits per heavy atom. The fourth-order valence-corrected chi connectivity index (χ4v) is 3.65. The Morgan fingerprint density at radius 3 is 2.75 bits per heavy atom. The molecule has 0 aromatic rings. The minimum absolute atomic E-state index is 0.0162. The maximum Gasteiger partial charge on any atom is 0.237 e. The summed E-state index contributed by atoms with van der Waals surface area (Å²) in [4.78, 5) is 28.4. The first-order valence-corrected chi connectivity index (χ1v) is 7.70. The van der Waals surface area contributed by atoms with Gasteiger partial charge in [0.2, 0.25) is 11.8 Å². The Labute approximate surface area is 119 Å². The van der Waals surface area contributed by atoms with Gasteiger partial charge in [0.15, 0.2) is 0 Å². The second-order valence-electron chi connectivity index (χ2n) is 6.26. The van der Waals surface area contributed by atoms with Gasteiger partial charge < -0.3 is 16.0 Å². The fourth-order valence-electron chi connectivity index (χ4n) is 3.65. The maximum atomic E-state index is 12.5. The molecule has 3 aliphatic heterocycles. The highest BCUT2D eigenvalue weighted by atomic mass is 16.2. The number of hydrogen-bond donors (Lipinski definition) is 2. The van der Waals surface area contributed by atoms with Crippen LogP contribution in [0.3, 0.4) is 0 Å². The van der Waals surface area contributed by atoms with Gasteiger partial charge in [-0.3, -0.25) is 14.5 Å². The summed E-state index contributed by atoms with van der Waals surface area (Å²) in [5.41, 5.74) is 5.89. The summed E-state index contributed by atoms with van der Waals surface area (Å²) in [5.74, 6) is 0.311. The predicted molar refractivity (Wildman–Crippen MR) is 74.9 cm³/mol. The van der Waals surface area contributed by atoms with E-state index in [1.807, 2.05) is 4.90 Å². The molecule has 112 valence electrons. The van der Waals surface area contributed by atoms with Crippen LogP contribution in [-0.4, -0.2) is 66.4 Å². The van der Waals surface area contributed by atoms with E-state index in [2.05, 4.69) is 10.2 Å². The molecule has 0 bridgehead atoms. The van der Waals surface area contributed by atoms with Crippen molar-refractivity contribution < 1.29 is 9.59 Å². The van der Waals surface area contributed by atoms with Crippen molar-refractivity contribution in [1.82, 2.24) is 15.1 Å². The summed E-state index contributed by atoms with van der Waals surface area (Å²) in [6.07, 6.45) is 3.79. The fraction of sp³-hybridized carbons (Fsp3) is 0.857. The van der Waals surface area contributed by atoms with Crippen LogP contribution in [0.25, 0.3) is 0 Å². The molecule has 2 atom stereocenters. The summed E-state index contributed by atoms with van der Waals surface area (Å²) >= 11 is 0. The first kappa shape index (κ1) is 13.8. The molecule has 3 N–H and O–H groups in total. The lowest BCUT2D eigenvalue weighted by molar-refractivity contribution is -0.138. The number of nitrogens with two attached hydrogens (primary N) is 1. The molecular formula is C14H24N4O2. The topological polar surface area (TPSA) is 78.7 Å². The van der Waals surface area contributed by atoms with Gasteiger partial charge in [0, 0.05) is 32.2 Å². The summed E-state index contributed by atoms with van der Waals surface area (Å²) in [6.45, 7) is 3.71. The van der Waals surface area contributed by atoms with E-state index in [4.69, 9.17) is 5.73 Å². The van der Waals surface area contributed by atoms with Crippen molar-refractivity contribution in [3.63, 3.8) is 0 Å². The third-order valence-electron chi connectivity index (χ3n) is 4.91. The van der Waals surface area contributed by atoms with Crippen molar-refractivity contribution in [1.29, 1.82) is 0 Å². The zero-order valence-corrected chi connectivity index (χ0v) is 11.9. The van der Waals surface area contributed by atoms with Crippen LogP contribution < -0.4 is 11.1 Å². The molecule has 20 heavy (non-hydrogen) atoms. The third kappa shape index (κ3) is 2.67. The Balaban J connectivity index is 1.58. The lowest BCUT2D eigenvalue weighted by Gasteiger charge is -2.38. The molecule has 2 unspecified atom stereocenters. The molecule has 3 saturated heterocycles. The molecule has 3 rings (SSSR count). The maximum absolute atomic E-state index is 12.5. The van der Waals surface area contributed by atoms with E-state index in [0.717, 1.165) is 45.3 Å². The second kappa shape index (κ2) is 5.69. The van der Waals surface area contributed by atoms with Crippen molar-refractivity contribution in [2.24, 2.45) is 11.7 Å². The Bertz CT molecular complexity index is 393. The molecule has 3 heterocycles. The van der Waals surface area contributed by atoms with E-state index in [1.165, 1.54) is 0 Å². The highest BCUT2D eigenvalue weighted by Gasteiger charge is 2.42. The minimum Gasteiger partial charge on any atom is -0.354 e. The molecule has 0 radical (unpaired) electrons. The number of nitrogens with one attached hydrogen (secondary N) is 1. The molecule has 2 amide bonds. The predicted octanol–water partition coefficient (Wildman–Crippen LogP) is -0.853. The van der Waals surface area contributed by atoms with Crippen LogP contribution in [0.15, 0.2) is 0 Å². The lowest BCUT2D eigenvalue weighted by Crippen LogP contribution is -2.53. The van der Waals surface area contributed by atoms with Gasteiger partial charge in [0.25, 0.3) is 0 Å². The zero-order chi connectivity index (χ0) is 14.1. The summed E-state index contributed by atoms with van der Waals surface area (Å²) in [5, 5.41) is 2.89. The largest absolute Gasteiger partial charge is 0.354 e. The number of nitrogens with zero attached hydrogens (tertiary/aromatic N) is 2. The minimum atomic E-state index is 0.0162. The standard InChI is InChI=1S/C14H24N4O2/c15-10-3-6-17(7-4-10)9-13(19)18-5-1-2-11-12(18)8-16-14(11)20/h10-12H,1-9,15H2,(H,16,20). The van der Waals surface area contributed by atoms with Crippen LogP contribution in [-0.2, 0) is 9.59 Å². The highest BCUT2D eigenvalue weighted by molar-refractivity contribution is 5.85. The number of hydrogen-bond acceptors (Lipinski definition) is 4. The van der Waals surface area contributed by atoms with Gasteiger partial charge in [-0.2, -0.15) is 0 Å². The molecule has 0 spiro atoms. The molecule has 6 heteroatoms. The average molecular weight is 280 g/mol. The smallest absolute Gasteiger partial charge is 0.237 e. The Morgan fingerprint density at radius 1 is 1.25 bits per heavy atom. The first-order chi connectivity index (χ1) is 9.65. The highest BCUT2D eigenvalue weighted by Crippen LogP contribution is 2.27. The van der Waals surface area contributed by atoms with E-state index < -0.39 is 0 Å². The van der Waals surface area contributed by atoms with Crippen LogP contribution in [0.5, 0.6) is 0 Å². The van der Waals surface area contributed by atoms with E-state index >= 15 is 0 Å². The Kier molecular flexibility index (Phi) is 3.94. The van der Waals surface area contributed by atoms with Crippen molar-refractivity contribution in [3.05, 3.63) is 0 Å². The summed E-state index contributed by atoms with van der Waals surface area (Å²) in [7, 11) is 0. The van der Waals surface area contributed by atoms with E-state index in [1.54, 1.807) is 0 Å². The SMILES string of the molecule is NC1CCN(CC(=O)N2CCCC3C(=O)NCC32)CC1. The third-order valence-corrected chi connectivity index (χ3v) is 4.91. The number of carbonyl (C=O) groups is 2. The van der Waals surface area contributed by atoms with Crippen LogP contribution in [0, 0.1) is 5.92 Å². The molecule has 6 nitrogen and oxygen atoms in total. The van der Waals surface area contributed by atoms with Crippen molar-refractivity contribution in [3.8, 4) is 0 Å². The number of amides is 2. The monoisotopic (exact) mass is 280 g/mol. The van der Waals surface area contributed by atoms with Gasteiger partial charge in [0.1, 0.15) is 0 Å². The molecule has 3 fully saturated rings. The van der Waals surface area contributed by atoms with Crippen LogP contribution in [0.4, 0.5) is 0 Å². The quantitative estimate of drug-likeness (QED) is 0.690. The second-order valence-corrected chi connectivity index (χ2v) is 6.26. The van der Waals surface area contributed by atoms with Crippen molar-refractivity contribution in [2.45, 2.75) is 37.8 Å². The van der Waals surface area contributed by atoms with E-state index in [9.17, 15) is 9.59 Å². The molecule has 3 aliphatic rings. The number of rotatable bonds is 2. The number of piperidine rings is 2. The van der Waals surface area contributed by atoms with Crippen LogP contribution in [0.2, 0.25) is 0 Å². The van der Waals surface area contributed by atoms with Crippen molar-refractivity contribution in [2.75, 3.05) is 32.7 Å². The molecule has 0 saturated carbocycles. The summed E-state index contributed by atoms with van der Waals surface area (Å²) < 4.78 is 0. The molecular weight excluding hydrogens is 256 g/mol. The number of fused-ring (bicyclic) bond motifs is 1. The van der Waals surface area contributed by atoms with Gasteiger partial charge >= 0.3 is 0 Å². The van der Waals surface area contributed by atoms with Gasteiger partial charge in [-0.1, -0.05) is 0 Å². The molecule has 0 aromatic carbocycles. The first-order valence-electron chi connectivity index (χ1n) is 7.70. The van der Waals surface area contributed by atoms with Crippen LogP contribution in [0.1, 0.15) is 25.7 Å². The number of likely N-dealkylation sites (tertiary alicyclic amines) is 2. The zero-order valence-electron chi connectivity index (χ0n) is 11.9.